The first-order valence-electron chi connectivity index (χ1n) is 11.4. The smallest absolute Gasteiger partial charge is 0.305 e. The fourth-order valence-electron chi connectivity index (χ4n) is 5.22. The van der Waals surface area contributed by atoms with Gasteiger partial charge in [0, 0.05) is 47.8 Å². The first-order chi connectivity index (χ1) is 15.9. The molecule has 0 atom stereocenters. The molecule has 176 valence electrons. The Balaban J connectivity index is 1.93. The monoisotopic (exact) mass is 565 g/mol. The van der Waals surface area contributed by atoms with Crippen LogP contribution < -0.4 is 9.47 Å². The maximum Gasteiger partial charge on any atom is 0.305 e. The van der Waals surface area contributed by atoms with E-state index in [0.29, 0.717) is 54.9 Å². The first-order valence-corrected chi connectivity index (χ1v) is 12.5. The van der Waals surface area contributed by atoms with E-state index in [1.54, 1.807) is 7.11 Å². The molecule has 3 aliphatic rings. The molecule has 0 fully saturated rings. The minimum atomic E-state index is -0.892. The summed E-state index contributed by atoms with van der Waals surface area (Å²) in [6.45, 7) is 2.67. The van der Waals surface area contributed by atoms with Crippen molar-refractivity contribution in [1.82, 2.24) is 4.90 Å². The maximum atomic E-state index is 13.3. The number of allylic oxidation sites excluding steroid dienone is 4. The van der Waals surface area contributed by atoms with E-state index in [4.69, 9.17) is 9.47 Å². The van der Waals surface area contributed by atoms with Crippen LogP contribution >= 0.6 is 22.6 Å². The number of rotatable bonds is 7. The van der Waals surface area contributed by atoms with Crippen LogP contribution in [-0.2, 0) is 14.4 Å². The number of ether oxygens (including phenoxy) is 2. The first kappa shape index (κ1) is 23.8. The molecule has 2 aliphatic carbocycles. The summed E-state index contributed by atoms with van der Waals surface area (Å²) in [6.07, 6.45) is 3.69. The highest BCUT2D eigenvalue weighted by Crippen LogP contribution is 2.50. The van der Waals surface area contributed by atoms with Crippen LogP contribution in [0.15, 0.2) is 34.7 Å². The number of methoxy groups -OCH3 is 1. The molecule has 1 N–H and O–H groups in total. The molecular formula is C25H28INO6. The van der Waals surface area contributed by atoms with E-state index in [1.165, 1.54) is 0 Å². The molecule has 33 heavy (non-hydrogen) atoms. The van der Waals surface area contributed by atoms with Crippen molar-refractivity contribution < 1.29 is 29.0 Å². The van der Waals surface area contributed by atoms with Crippen molar-refractivity contribution in [1.29, 1.82) is 0 Å². The number of hydrogen-bond donors (Lipinski definition) is 1. The quantitative estimate of drug-likeness (QED) is 0.484. The number of carbonyl (C=O) groups excluding carboxylic acids is 2. The third kappa shape index (κ3) is 4.41. The molecule has 7 nitrogen and oxygen atoms in total. The second-order valence-electron chi connectivity index (χ2n) is 8.47. The van der Waals surface area contributed by atoms with Crippen molar-refractivity contribution in [3.05, 3.63) is 43.8 Å². The Kier molecular flexibility index (Phi) is 7.11. The van der Waals surface area contributed by atoms with E-state index < -0.39 is 11.9 Å². The van der Waals surface area contributed by atoms with E-state index in [2.05, 4.69) is 22.6 Å². The number of carbonyl (C=O) groups is 3. The van der Waals surface area contributed by atoms with Gasteiger partial charge in [-0.1, -0.05) is 0 Å². The highest BCUT2D eigenvalue weighted by molar-refractivity contribution is 14.1. The average molecular weight is 565 g/mol. The molecule has 0 saturated carbocycles. The van der Waals surface area contributed by atoms with Crippen LogP contribution in [0.25, 0.3) is 0 Å². The van der Waals surface area contributed by atoms with Gasteiger partial charge in [-0.15, -0.1) is 0 Å². The zero-order valence-corrected chi connectivity index (χ0v) is 21.1. The lowest BCUT2D eigenvalue weighted by Crippen LogP contribution is -2.40. The number of carboxylic acids is 1. The molecule has 0 saturated heterocycles. The fraction of sp³-hybridized carbons (Fsp3) is 0.480. The van der Waals surface area contributed by atoms with Crippen LogP contribution in [0.1, 0.15) is 63.4 Å². The average Bonchev–Trinajstić information content (AvgIpc) is 2.78. The van der Waals surface area contributed by atoms with E-state index >= 15 is 0 Å². The summed E-state index contributed by atoms with van der Waals surface area (Å²) in [5, 5.41) is 9.31. The van der Waals surface area contributed by atoms with Gasteiger partial charge in [-0.05, 0) is 72.9 Å². The van der Waals surface area contributed by atoms with Gasteiger partial charge in [-0.3, -0.25) is 14.4 Å². The van der Waals surface area contributed by atoms with Gasteiger partial charge in [-0.2, -0.15) is 0 Å². The predicted molar refractivity (Wildman–Crippen MR) is 130 cm³/mol. The third-order valence-corrected chi connectivity index (χ3v) is 7.31. The van der Waals surface area contributed by atoms with Gasteiger partial charge >= 0.3 is 5.97 Å². The van der Waals surface area contributed by atoms with Gasteiger partial charge in [0.1, 0.15) is 0 Å². The van der Waals surface area contributed by atoms with Crippen molar-refractivity contribution in [2.45, 2.75) is 57.8 Å². The van der Waals surface area contributed by atoms with E-state index in [1.807, 2.05) is 24.0 Å². The molecule has 0 bridgehead atoms. The molecule has 0 unspecified atom stereocenters. The molecule has 0 spiro atoms. The molecule has 1 aromatic carbocycles. The summed E-state index contributed by atoms with van der Waals surface area (Å²) in [4.78, 5) is 39.9. The molecule has 0 aromatic heterocycles. The number of aliphatic carboxylic acids is 1. The van der Waals surface area contributed by atoms with Gasteiger partial charge in [0.25, 0.3) is 0 Å². The van der Waals surface area contributed by atoms with Crippen molar-refractivity contribution in [2.75, 3.05) is 20.3 Å². The Hall–Kier alpha value is -2.36. The zero-order chi connectivity index (χ0) is 23.7. The summed E-state index contributed by atoms with van der Waals surface area (Å²) in [7, 11) is 1.58. The summed E-state index contributed by atoms with van der Waals surface area (Å²) in [6, 6.07) is 3.86. The fourth-order valence-corrected chi connectivity index (χ4v) is 6.00. The number of nitrogens with zero attached hydrogens (tertiary/aromatic N) is 1. The van der Waals surface area contributed by atoms with E-state index in [9.17, 15) is 19.5 Å². The Morgan fingerprint density at radius 2 is 1.70 bits per heavy atom. The van der Waals surface area contributed by atoms with Gasteiger partial charge < -0.3 is 19.5 Å². The van der Waals surface area contributed by atoms with E-state index in [-0.39, 0.29) is 24.5 Å². The van der Waals surface area contributed by atoms with Crippen LogP contribution in [0.5, 0.6) is 11.5 Å². The predicted octanol–water partition coefficient (Wildman–Crippen LogP) is 4.59. The van der Waals surface area contributed by atoms with Crippen LogP contribution in [0.4, 0.5) is 0 Å². The Bertz CT molecular complexity index is 1030. The van der Waals surface area contributed by atoms with Crippen LogP contribution in [0, 0.1) is 3.57 Å². The van der Waals surface area contributed by atoms with Gasteiger partial charge in [-0.25, -0.2) is 0 Å². The Morgan fingerprint density at radius 3 is 2.21 bits per heavy atom. The minimum absolute atomic E-state index is 0.0364. The second-order valence-corrected chi connectivity index (χ2v) is 9.63. The van der Waals surface area contributed by atoms with Gasteiger partial charge in [0.05, 0.1) is 23.7 Å². The highest BCUT2D eigenvalue weighted by atomic mass is 127. The van der Waals surface area contributed by atoms with E-state index in [0.717, 1.165) is 33.4 Å². The zero-order valence-electron chi connectivity index (χ0n) is 18.9. The molecule has 4 rings (SSSR count). The topological polar surface area (TPSA) is 93.1 Å². The third-order valence-electron chi connectivity index (χ3n) is 6.51. The molecule has 1 aromatic rings. The van der Waals surface area contributed by atoms with Crippen LogP contribution in [0.3, 0.4) is 0 Å². The van der Waals surface area contributed by atoms with Crippen molar-refractivity contribution in [2.24, 2.45) is 0 Å². The SMILES string of the molecule is CCOc1c(I)cc(C2C3=C(CCCC3=O)N(CCC(=O)O)C3=C2C(=O)CCC3)cc1OC. The van der Waals surface area contributed by atoms with Crippen molar-refractivity contribution >= 4 is 40.1 Å². The molecule has 8 heteroatoms. The van der Waals surface area contributed by atoms with Crippen molar-refractivity contribution in [3.63, 3.8) is 0 Å². The summed E-state index contributed by atoms with van der Waals surface area (Å²) < 4.78 is 12.2. The molecule has 0 radical (unpaired) electrons. The largest absolute Gasteiger partial charge is 0.493 e. The summed E-state index contributed by atoms with van der Waals surface area (Å²) in [5.74, 6) is -0.0607. The number of Topliss-reactive ketones (excluding diaryl/α,β-unsaturated/α-hetero) is 2. The number of halogens is 1. The minimum Gasteiger partial charge on any atom is -0.493 e. The number of ketones is 2. The lowest BCUT2D eigenvalue weighted by molar-refractivity contribution is -0.137. The summed E-state index contributed by atoms with van der Waals surface area (Å²) >= 11 is 2.20. The van der Waals surface area contributed by atoms with Gasteiger partial charge in [0.2, 0.25) is 0 Å². The molecule has 0 amide bonds. The normalized spacial score (nSPS) is 18.9. The van der Waals surface area contributed by atoms with Crippen LogP contribution in [0.2, 0.25) is 0 Å². The molecule has 1 heterocycles. The lowest BCUT2D eigenvalue weighted by atomic mass is 9.71. The van der Waals surface area contributed by atoms with Gasteiger partial charge in [0.15, 0.2) is 23.1 Å². The van der Waals surface area contributed by atoms with Crippen LogP contribution in [-0.4, -0.2) is 47.8 Å². The molecule has 1 aliphatic heterocycles. The van der Waals surface area contributed by atoms with Crippen molar-refractivity contribution in [3.8, 4) is 11.5 Å². The number of carboxylic acid groups (broad SMARTS) is 1. The lowest BCUT2D eigenvalue weighted by Gasteiger charge is -2.44. The number of hydrogen-bond acceptors (Lipinski definition) is 6. The highest BCUT2D eigenvalue weighted by Gasteiger charge is 2.43. The Morgan fingerprint density at radius 1 is 1.09 bits per heavy atom. The second kappa shape index (κ2) is 9.87. The Labute approximate surface area is 206 Å². The summed E-state index contributed by atoms with van der Waals surface area (Å²) in [5.41, 5.74) is 3.89. The molecular weight excluding hydrogens is 537 g/mol. The number of benzene rings is 1. The standard InChI is InChI=1S/C25H28INO6/c1-3-33-25-15(26)12-14(13-20(25)32-2)22-23-16(6-4-8-18(23)28)27(11-10-21(30)31)17-7-5-9-19(29)24(17)22/h12-13,22H,3-11H2,1-2H3,(H,30,31). The maximum absolute atomic E-state index is 13.3.